The first kappa shape index (κ1) is 40.4. The molecule has 1 aromatic carbocycles. The van der Waals surface area contributed by atoms with Crippen molar-refractivity contribution < 1.29 is 67.7 Å². The lowest BCUT2D eigenvalue weighted by Gasteiger charge is -2.38. The molecule has 5 bridgehead atoms. The number of phenolic OH excluding ortho intramolecular Hbond substituents is 1. The molecule has 15 nitrogen and oxygen atoms in total. The molecule has 54 heavy (non-hydrogen) atoms. The highest BCUT2D eigenvalue weighted by molar-refractivity contribution is 6.19. The van der Waals surface area contributed by atoms with Crippen LogP contribution in [0.25, 0.3) is 0 Å². The zero-order chi connectivity index (χ0) is 40.0. The average molecular weight is 754 g/mol. The number of carbonyl (C=O) groups excluding carboxylic acids is 5. The lowest BCUT2D eigenvalue weighted by atomic mass is 9.78. The second-order valence-corrected chi connectivity index (χ2v) is 14.4. The lowest BCUT2D eigenvalue weighted by molar-refractivity contribution is -0.161. The van der Waals surface area contributed by atoms with Crippen LogP contribution in [-0.4, -0.2) is 88.7 Å². The lowest BCUT2D eigenvalue weighted by Crippen LogP contribution is -2.46. The molecule has 4 heterocycles. The average Bonchev–Trinajstić information content (AvgIpc) is 3.62. The number of esters is 2. The van der Waals surface area contributed by atoms with Crippen LogP contribution in [0.3, 0.4) is 0 Å². The van der Waals surface area contributed by atoms with E-state index in [2.05, 4.69) is 5.32 Å². The number of ether oxygens (including phenoxy) is 6. The molecule has 1 fully saturated rings. The summed E-state index contributed by atoms with van der Waals surface area (Å²) in [5, 5.41) is 36.6. The molecule has 4 aliphatic heterocycles. The fourth-order valence-electron chi connectivity index (χ4n) is 7.37. The summed E-state index contributed by atoms with van der Waals surface area (Å²) in [5.74, 6) is -11.4. The van der Waals surface area contributed by atoms with Gasteiger partial charge in [-0.15, -0.1) is 0 Å². The van der Waals surface area contributed by atoms with Gasteiger partial charge in [-0.25, -0.2) is 4.79 Å². The summed E-state index contributed by atoms with van der Waals surface area (Å²) in [7, 11) is 1.42. The number of benzene rings is 1. The number of ketones is 2. The van der Waals surface area contributed by atoms with Crippen molar-refractivity contribution >= 4 is 29.4 Å². The number of Topliss-reactive ketones (excluding diaryl/α,β-unsaturated/α-hetero) is 2. The minimum atomic E-state index is -2.21. The fourth-order valence-corrected chi connectivity index (χ4v) is 7.37. The maximum atomic E-state index is 14.3. The number of carbonyl (C=O) groups is 5. The van der Waals surface area contributed by atoms with Crippen molar-refractivity contribution in [2.24, 2.45) is 23.7 Å². The third-order valence-electron chi connectivity index (χ3n) is 10.6. The van der Waals surface area contributed by atoms with Gasteiger partial charge in [-0.2, -0.15) is 0 Å². The van der Waals surface area contributed by atoms with E-state index in [1.165, 1.54) is 47.0 Å². The molecule has 0 saturated carbocycles. The molecule has 292 valence electrons. The van der Waals surface area contributed by atoms with Gasteiger partial charge in [-0.05, 0) is 19.9 Å². The Morgan fingerprint density at radius 1 is 0.963 bits per heavy atom. The van der Waals surface area contributed by atoms with E-state index in [4.69, 9.17) is 28.4 Å². The van der Waals surface area contributed by atoms with Gasteiger partial charge in [0.05, 0.1) is 47.0 Å². The van der Waals surface area contributed by atoms with E-state index in [9.17, 15) is 39.3 Å². The van der Waals surface area contributed by atoms with Crippen molar-refractivity contribution in [3.05, 3.63) is 70.2 Å². The Morgan fingerprint density at radius 2 is 1.65 bits per heavy atom. The standard InChI is InChI=1S/C39H47NO14/c1-17-11-10-12-18(2)37(48)40-24-15-39(51-16-26(42)53-39)29-27(33(24)46)32(45)22(6)35-28(29)36(47)38(8,54-35)50-14-13-25(49-9)19(3)34(52-23(7)41)21(5)31(44)20(4)30(17)43/h10-15,17,19-21,25,30-31,34,43-45H,16H2,1-9H3,(H,40,48)/b11-10+,14-13+,18-12-/t17-,19+,20-,21-,25-,30-,31+,34-,38-,39?/m0/s1. The van der Waals surface area contributed by atoms with Crippen LogP contribution in [-0.2, 0) is 43.9 Å². The number of rotatable bonds is 2. The van der Waals surface area contributed by atoms with Crippen molar-refractivity contribution in [1.29, 1.82) is 0 Å². The van der Waals surface area contributed by atoms with E-state index in [-0.39, 0.29) is 33.7 Å². The molecule has 1 saturated heterocycles. The molecule has 5 aliphatic rings. The molecule has 6 rings (SSSR count). The normalized spacial score (nSPS) is 36.6. The number of allylic oxidation sites excluding steroid dienone is 3. The highest BCUT2D eigenvalue weighted by Crippen LogP contribution is 2.53. The van der Waals surface area contributed by atoms with Gasteiger partial charge in [0.1, 0.15) is 24.2 Å². The van der Waals surface area contributed by atoms with Crippen LogP contribution in [0.1, 0.15) is 80.3 Å². The van der Waals surface area contributed by atoms with E-state index in [0.29, 0.717) is 0 Å². The summed E-state index contributed by atoms with van der Waals surface area (Å²) < 4.78 is 34.8. The van der Waals surface area contributed by atoms with E-state index in [1.54, 1.807) is 39.8 Å². The zero-order valence-corrected chi connectivity index (χ0v) is 31.6. The van der Waals surface area contributed by atoms with Crippen molar-refractivity contribution in [2.75, 3.05) is 13.7 Å². The summed E-state index contributed by atoms with van der Waals surface area (Å²) >= 11 is 0. The molecule has 15 heteroatoms. The molecular weight excluding hydrogens is 706 g/mol. The van der Waals surface area contributed by atoms with Crippen LogP contribution in [0.5, 0.6) is 11.5 Å². The summed E-state index contributed by atoms with van der Waals surface area (Å²) in [4.78, 5) is 66.6. The molecule has 1 aromatic rings. The number of phenols is 1. The number of aromatic hydroxyl groups is 1. The van der Waals surface area contributed by atoms with Crippen LogP contribution in [0.4, 0.5) is 0 Å². The Morgan fingerprint density at radius 3 is 2.26 bits per heavy atom. The number of fused-ring (bicyclic) bond motifs is 13. The SMILES string of the molecule is CO[C@H]1/C=C/O[C@@]2(C)Oc3c(C)c(O)c4c(c3C2=O)C2(C=C(NC(=O)/C(C)=C\C=C\[C@H](C)[C@H](O)[C@H](C)[C@@H](O)[C@H](C)[C@@H](OC(C)=O)[C@@H]1C)C4=O)OCC(=O)O2. The number of nitrogens with one attached hydrogen (secondary N) is 1. The first-order valence-electron chi connectivity index (χ1n) is 17.6. The molecular formula is C39H47NO14. The van der Waals surface area contributed by atoms with Crippen molar-refractivity contribution in [2.45, 2.75) is 91.4 Å². The van der Waals surface area contributed by atoms with Gasteiger partial charge in [-0.3, -0.25) is 19.2 Å². The summed E-state index contributed by atoms with van der Waals surface area (Å²) in [5.41, 5.74) is -1.23. The van der Waals surface area contributed by atoms with E-state index >= 15 is 0 Å². The summed E-state index contributed by atoms with van der Waals surface area (Å²) in [6, 6.07) is 0. The first-order valence-corrected chi connectivity index (χ1v) is 17.6. The number of amides is 1. The second kappa shape index (κ2) is 15.1. The van der Waals surface area contributed by atoms with E-state index < -0.39 is 107 Å². The Bertz CT molecular complexity index is 1880. The van der Waals surface area contributed by atoms with Crippen molar-refractivity contribution in [3.63, 3.8) is 0 Å². The van der Waals surface area contributed by atoms with Crippen molar-refractivity contribution in [3.8, 4) is 11.5 Å². The third-order valence-corrected chi connectivity index (χ3v) is 10.6. The highest BCUT2D eigenvalue weighted by Gasteiger charge is 2.58. The zero-order valence-electron chi connectivity index (χ0n) is 31.6. The number of hydrogen-bond acceptors (Lipinski definition) is 14. The Balaban J connectivity index is 1.66. The van der Waals surface area contributed by atoms with Gasteiger partial charge in [0.25, 0.3) is 17.5 Å². The predicted molar refractivity (Wildman–Crippen MR) is 189 cm³/mol. The van der Waals surface area contributed by atoms with Crippen LogP contribution >= 0.6 is 0 Å². The van der Waals surface area contributed by atoms with E-state index in [0.717, 1.165) is 12.3 Å². The van der Waals surface area contributed by atoms with Gasteiger partial charge in [0, 0.05) is 61.8 Å². The van der Waals surface area contributed by atoms with Gasteiger partial charge in [-0.1, -0.05) is 45.9 Å². The molecule has 10 atom stereocenters. The first-order chi connectivity index (χ1) is 25.3. The topological polar surface area (TPSA) is 213 Å². The van der Waals surface area contributed by atoms with Gasteiger partial charge >= 0.3 is 17.7 Å². The Labute approximate surface area is 312 Å². The van der Waals surface area contributed by atoms with Crippen LogP contribution < -0.4 is 10.1 Å². The third kappa shape index (κ3) is 7.08. The highest BCUT2D eigenvalue weighted by atomic mass is 16.8. The number of hydrogen-bond donors (Lipinski definition) is 4. The number of aliphatic hydroxyl groups excluding tert-OH is 2. The van der Waals surface area contributed by atoms with E-state index in [1.807, 2.05) is 0 Å². The largest absolute Gasteiger partial charge is 0.507 e. The number of methoxy groups -OCH3 is 1. The summed E-state index contributed by atoms with van der Waals surface area (Å²) in [6.45, 7) is 11.7. The van der Waals surface area contributed by atoms with Crippen LogP contribution in [0, 0.1) is 30.6 Å². The van der Waals surface area contributed by atoms with Gasteiger partial charge < -0.3 is 49.1 Å². The maximum absolute atomic E-state index is 14.3. The van der Waals surface area contributed by atoms with Gasteiger partial charge in [0.15, 0.2) is 0 Å². The molecule has 0 aromatic heterocycles. The predicted octanol–water partition coefficient (Wildman–Crippen LogP) is 3.17. The van der Waals surface area contributed by atoms with Crippen LogP contribution in [0.2, 0.25) is 0 Å². The number of aliphatic hydroxyl groups is 2. The molecule has 0 radical (unpaired) electrons. The second-order valence-electron chi connectivity index (χ2n) is 14.4. The van der Waals surface area contributed by atoms with Crippen LogP contribution in [0.15, 0.2) is 47.9 Å². The minimum Gasteiger partial charge on any atom is -0.507 e. The Hall–Kier alpha value is -4.83. The van der Waals surface area contributed by atoms with Gasteiger partial charge in [0.2, 0.25) is 5.78 Å². The Kier molecular flexibility index (Phi) is 11.3. The molecule has 4 N–H and O–H groups in total. The summed E-state index contributed by atoms with van der Waals surface area (Å²) in [6.07, 6.45) is 4.41. The molecule has 1 unspecified atom stereocenters. The van der Waals surface area contributed by atoms with Crippen molar-refractivity contribution in [1.82, 2.24) is 5.32 Å². The monoisotopic (exact) mass is 753 g/mol. The molecule has 1 aliphatic carbocycles. The maximum Gasteiger partial charge on any atom is 0.335 e. The minimum absolute atomic E-state index is 0.00812. The smallest absolute Gasteiger partial charge is 0.335 e. The quantitative estimate of drug-likeness (QED) is 0.320. The fraction of sp³-hybridized carbons (Fsp3) is 0.513. The molecule has 1 spiro atoms. The molecule has 1 amide bonds.